The first-order valence-electron chi connectivity index (χ1n) is 5.82. The van der Waals surface area contributed by atoms with E-state index < -0.39 is 0 Å². The summed E-state index contributed by atoms with van der Waals surface area (Å²) in [6, 6.07) is 0.357. The molecule has 0 radical (unpaired) electrons. The van der Waals surface area contributed by atoms with E-state index in [1.165, 1.54) is 12.8 Å². The summed E-state index contributed by atoms with van der Waals surface area (Å²) in [7, 11) is 0. The van der Waals surface area contributed by atoms with E-state index in [4.69, 9.17) is 5.73 Å². The van der Waals surface area contributed by atoms with E-state index in [0.29, 0.717) is 12.6 Å². The van der Waals surface area contributed by atoms with Crippen LogP contribution in [-0.2, 0) is 4.79 Å². The van der Waals surface area contributed by atoms with E-state index >= 15 is 0 Å². The summed E-state index contributed by atoms with van der Waals surface area (Å²) in [4.78, 5) is 12.0. The zero-order valence-electron chi connectivity index (χ0n) is 9.28. The molecule has 0 saturated heterocycles. The van der Waals surface area contributed by atoms with E-state index in [1.54, 1.807) is 5.01 Å². The Morgan fingerprint density at radius 2 is 2.13 bits per heavy atom. The van der Waals surface area contributed by atoms with Gasteiger partial charge in [-0.15, -0.1) is 0 Å². The van der Waals surface area contributed by atoms with Gasteiger partial charge in [0.1, 0.15) is 0 Å². The molecule has 2 aliphatic rings. The number of amides is 1. The van der Waals surface area contributed by atoms with Gasteiger partial charge < -0.3 is 5.73 Å². The van der Waals surface area contributed by atoms with Crippen LogP contribution >= 0.6 is 0 Å². The van der Waals surface area contributed by atoms with Crippen LogP contribution in [-0.4, -0.2) is 29.2 Å². The van der Waals surface area contributed by atoms with Gasteiger partial charge in [0.15, 0.2) is 0 Å². The average Bonchev–Trinajstić information content (AvgIpc) is 2.81. The minimum atomic E-state index is -0.0457. The molecule has 4 heteroatoms. The van der Waals surface area contributed by atoms with E-state index in [9.17, 15) is 4.79 Å². The van der Waals surface area contributed by atoms with Gasteiger partial charge in [0.2, 0.25) is 0 Å². The van der Waals surface area contributed by atoms with Crippen molar-refractivity contribution in [3.63, 3.8) is 0 Å². The smallest absolute Gasteiger partial charge is 0.251 e. The molecule has 0 aromatic carbocycles. The van der Waals surface area contributed by atoms with Crippen LogP contribution in [0.3, 0.4) is 0 Å². The van der Waals surface area contributed by atoms with E-state index in [2.05, 4.69) is 5.10 Å². The molecule has 0 bridgehead atoms. The summed E-state index contributed by atoms with van der Waals surface area (Å²) < 4.78 is 0. The van der Waals surface area contributed by atoms with Crippen LogP contribution < -0.4 is 5.73 Å². The summed E-state index contributed by atoms with van der Waals surface area (Å²) in [5, 5.41) is 6.12. The molecule has 0 aromatic heterocycles. The molecule has 1 heterocycles. The Hall–Kier alpha value is -0.900. The molecule has 4 nitrogen and oxygen atoms in total. The summed E-state index contributed by atoms with van der Waals surface area (Å²) in [5.74, 6) is 0.125. The van der Waals surface area contributed by atoms with Crippen molar-refractivity contribution in [3.8, 4) is 0 Å². The Balaban J connectivity index is 2.06. The summed E-state index contributed by atoms with van der Waals surface area (Å²) >= 11 is 0. The lowest BCUT2D eigenvalue weighted by Gasteiger charge is -2.20. The van der Waals surface area contributed by atoms with Crippen molar-refractivity contribution < 1.29 is 4.79 Å². The van der Waals surface area contributed by atoms with Gasteiger partial charge in [0, 0.05) is 5.71 Å². The van der Waals surface area contributed by atoms with Crippen LogP contribution in [0.2, 0.25) is 0 Å². The fourth-order valence-electron chi connectivity index (χ4n) is 2.54. The second kappa shape index (κ2) is 4.31. The van der Waals surface area contributed by atoms with Crippen molar-refractivity contribution >= 4 is 11.6 Å². The maximum absolute atomic E-state index is 12.0. The lowest BCUT2D eigenvalue weighted by molar-refractivity contribution is -0.133. The number of rotatable bonds is 3. The zero-order valence-corrected chi connectivity index (χ0v) is 9.28. The second-order valence-corrected chi connectivity index (χ2v) is 4.49. The normalized spacial score (nSPS) is 27.6. The van der Waals surface area contributed by atoms with Crippen LogP contribution in [0.1, 0.15) is 39.0 Å². The van der Waals surface area contributed by atoms with Crippen LogP contribution in [0.15, 0.2) is 5.10 Å². The second-order valence-electron chi connectivity index (χ2n) is 4.49. The first kappa shape index (κ1) is 10.6. The molecule has 15 heavy (non-hydrogen) atoms. The van der Waals surface area contributed by atoms with Crippen LogP contribution in [0.25, 0.3) is 0 Å². The molecule has 1 aliphatic heterocycles. The number of nitrogens with zero attached hydrogens (tertiary/aromatic N) is 2. The molecular formula is C11H19N3O. The standard InChI is InChI=1S/C11H19N3O/c1-8-10(6-7-12)11(15)14(13-8)9-4-2-3-5-9/h9-10H,2-7,12H2,1H3. The molecule has 1 atom stereocenters. The summed E-state index contributed by atoms with van der Waals surface area (Å²) in [6.45, 7) is 2.49. The first-order valence-corrected chi connectivity index (χ1v) is 5.82. The Morgan fingerprint density at radius 1 is 1.47 bits per heavy atom. The predicted octanol–water partition coefficient (Wildman–Crippen LogP) is 1.11. The highest BCUT2D eigenvalue weighted by atomic mass is 16.2. The van der Waals surface area contributed by atoms with Crippen LogP contribution in [0.4, 0.5) is 0 Å². The largest absolute Gasteiger partial charge is 0.330 e. The highest BCUT2D eigenvalue weighted by molar-refractivity contribution is 6.06. The minimum absolute atomic E-state index is 0.0457. The van der Waals surface area contributed by atoms with Crippen molar-refractivity contribution in [1.29, 1.82) is 0 Å². The van der Waals surface area contributed by atoms with E-state index in [0.717, 1.165) is 25.0 Å². The number of hydrazone groups is 1. The Kier molecular flexibility index (Phi) is 3.05. The van der Waals surface area contributed by atoms with E-state index in [-0.39, 0.29) is 11.8 Å². The molecule has 2 N–H and O–H groups in total. The molecule has 1 saturated carbocycles. The molecule has 0 spiro atoms. The Bertz CT molecular complexity index is 282. The van der Waals surface area contributed by atoms with Gasteiger partial charge in [-0.1, -0.05) is 12.8 Å². The highest BCUT2D eigenvalue weighted by Crippen LogP contribution is 2.29. The molecular weight excluding hydrogens is 190 g/mol. The summed E-state index contributed by atoms with van der Waals surface area (Å²) in [5.41, 5.74) is 6.45. The maximum atomic E-state index is 12.0. The third-order valence-electron chi connectivity index (χ3n) is 3.42. The monoisotopic (exact) mass is 209 g/mol. The predicted molar refractivity (Wildman–Crippen MR) is 59.4 cm³/mol. The number of carbonyl (C=O) groups is 1. The third kappa shape index (κ3) is 1.91. The van der Waals surface area contributed by atoms with Crippen molar-refractivity contribution in [1.82, 2.24) is 5.01 Å². The SMILES string of the molecule is CC1=NN(C2CCCC2)C(=O)C1CCN. The zero-order chi connectivity index (χ0) is 10.8. The fourth-order valence-corrected chi connectivity index (χ4v) is 2.54. The number of nitrogens with two attached hydrogens (primary N) is 1. The molecule has 1 fully saturated rings. The van der Waals surface area contributed by atoms with Gasteiger partial charge in [-0.2, -0.15) is 5.10 Å². The van der Waals surface area contributed by atoms with Crippen LogP contribution in [0, 0.1) is 5.92 Å². The maximum Gasteiger partial charge on any atom is 0.251 e. The van der Waals surface area contributed by atoms with Gasteiger partial charge >= 0.3 is 0 Å². The molecule has 1 aliphatic carbocycles. The molecule has 1 amide bonds. The van der Waals surface area contributed by atoms with Crippen molar-refractivity contribution in [2.45, 2.75) is 45.1 Å². The lowest BCUT2D eigenvalue weighted by Crippen LogP contribution is -2.34. The van der Waals surface area contributed by atoms with Gasteiger partial charge in [0.05, 0.1) is 12.0 Å². The molecule has 0 aromatic rings. The lowest BCUT2D eigenvalue weighted by atomic mass is 10.0. The third-order valence-corrected chi connectivity index (χ3v) is 3.42. The fraction of sp³-hybridized carbons (Fsp3) is 0.818. The molecule has 2 rings (SSSR count). The van der Waals surface area contributed by atoms with Crippen molar-refractivity contribution in [3.05, 3.63) is 0 Å². The molecule has 1 unspecified atom stereocenters. The van der Waals surface area contributed by atoms with E-state index in [1.807, 2.05) is 6.92 Å². The minimum Gasteiger partial charge on any atom is -0.330 e. The summed E-state index contributed by atoms with van der Waals surface area (Å²) in [6.07, 6.45) is 5.41. The van der Waals surface area contributed by atoms with Gasteiger partial charge in [-0.25, -0.2) is 5.01 Å². The van der Waals surface area contributed by atoms with Crippen LogP contribution in [0.5, 0.6) is 0 Å². The number of carbonyl (C=O) groups excluding carboxylic acids is 1. The Morgan fingerprint density at radius 3 is 2.73 bits per heavy atom. The van der Waals surface area contributed by atoms with Crippen molar-refractivity contribution in [2.75, 3.05) is 6.54 Å². The number of hydrogen-bond acceptors (Lipinski definition) is 3. The average molecular weight is 209 g/mol. The topological polar surface area (TPSA) is 58.7 Å². The van der Waals surface area contributed by atoms with Gasteiger partial charge in [-0.3, -0.25) is 4.79 Å². The van der Waals surface area contributed by atoms with Gasteiger partial charge in [-0.05, 0) is 32.7 Å². The van der Waals surface area contributed by atoms with Gasteiger partial charge in [0.25, 0.3) is 5.91 Å². The number of hydrogen-bond donors (Lipinski definition) is 1. The first-order chi connectivity index (χ1) is 7.24. The highest BCUT2D eigenvalue weighted by Gasteiger charge is 2.37. The molecule has 84 valence electrons. The quantitative estimate of drug-likeness (QED) is 0.757. The Labute approximate surface area is 90.5 Å². The van der Waals surface area contributed by atoms with Crippen molar-refractivity contribution in [2.24, 2.45) is 16.8 Å².